The number of aromatic nitrogens is 1. The molecule has 1 atom stereocenters. The number of carbonyl (C=O) groups excluding carboxylic acids is 3. The van der Waals surface area contributed by atoms with Crippen LogP contribution in [0.15, 0.2) is 29.6 Å². The van der Waals surface area contributed by atoms with Crippen LogP contribution in [0.25, 0.3) is 0 Å². The van der Waals surface area contributed by atoms with Crippen molar-refractivity contribution >= 4 is 40.5 Å². The van der Waals surface area contributed by atoms with E-state index in [1.165, 1.54) is 11.3 Å². The van der Waals surface area contributed by atoms with Crippen molar-refractivity contribution in [2.45, 2.75) is 25.7 Å². The predicted molar refractivity (Wildman–Crippen MR) is 96.2 cm³/mol. The SMILES string of the molecule is Cc1csc([C@H](C#N)C(=O)COC(=O)CCC(=O)c2ccc(Cl)cc2)n1. The lowest BCUT2D eigenvalue weighted by Gasteiger charge is -2.07. The van der Waals surface area contributed by atoms with Crippen LogP contribution in [0.5, 0.6) is 0 Å². The summed E-state index contributed by atoms with van der Waals surface area (Å²) in [5, 5.41) is 11.8. The number of nitrogens with zero attached hydrogens (tertiary/aromatic N) is 2. The average molecular weight is 391 g/mol. The minimum Gasteiger partial charge on any atom is -0.458 e. The first-order chi connectivity index (χ1) is 12.4. The summed E-state index contributed by atoms with van der Waals surface area (Å²) in [6.07, 6.45) is -0.190. The van der Waals surface area contributed by atoms with Crippen LogP contribution in [0, 0.1) is 18.3 Å². The molecular formula is C18H15ClN2O4S. The molecule has 0 saturated heterocycles. The van der Waals surface area contributed by atoms with Gasteiger partial charge in [-0.2, -0.15) is 5.26 Å². The molecule has 1 aromatic heterocycles. The zero-order valence-electron chi connectivity index (χ0n) is 13.9. The second kappa shape index (κ2) is 9.22. The summed E-state index contributed by atoms with van der Waals surface area (Å²) >= 11 is 6.96. The molecule has 0 aliphatic rings. The fraction of sp³-hybridized carbons (Fsp3) is 0.278. The Labute approximate surface area is 159 Å². The van der Waals surface area contributed by atoms with Gasteiger partial charge in [-0.25, -0.2) is 4.98 Å². The number of aryl methyl sites for hydroxylation is 1. The van der Waals surface area contributed by atoms with Crippen molar-refractivity contribution in [3.8, 4) is 6.07 Å². The van der Waals surface area contributed by atoms with Crippen LogP contribution in [-0.4, -0.2) is 29.1 Å². The molecule has 0 aliphatic carbocycles. The highest BCUT2D eigenvalue weighted by atomic mass is 35.5. The molecule has 6 nitrogen and oxygen atoms in total. The fourth-order valence-corrected chi connectivity index (χ4v) is 3.06. The van der Waals surface area contributed by atoms with E-state index < -0.39 is 24.3 Å². The van der Waals surface area contributed by atoms with Crippen molar-refractivity contribution in [1.82, 2.24) is 4.98 Å². The number of hydrogen-bond acceptors (Lipinski definition) is 7. The van der Waals surface area contributed by atoms with Crippen molar-refractivity contribution in [1.29, 1.82) is 5.26 Å². The van der Waals surface area contributed by atoms with Crippen LogP contribution >= 0.6 is 22.9 Å². The third kappa shape index (κ3) is 5.48. The van der Waals surface area contributed by atoms with Crippen LogP contribution in [0.4, 0.5) is 0 Å². The number of benzene rings is 1. The Morgan fingerprint density at radius 1 is 1.27 bits per heavy atom. The lowest BCUT2D eigenvalue weighted by atomic mass is 10.1. The van der Waals surface area contributed by atoms with E-state index in [9.17, 15) is 14.4 Å². The summed E-state index contributed by atoms with van der Waals surface area (Å²) in [6, 6.07) is 8.21. The number of carbonyl (C=O) groups is 3. The Bertz CT molecular complexity index is 855. The Balaban J connectivity index is 1.80. The molecule has 1 aromatic carbocycles. The molecule has 0 spiro atoms. The molecule has 8 heteroatoms. The zero-order valence-corrected chi connectivity index (χ0v) is 15.5. The minimum atomic E-state index is -1.06. The molecule has 2 rings (SSSR count). The minimum absolute atomic E-state index is 0.0397. The third-order valence-corrected chi connectivity index (χ3v) is 4.71. The number of Topliss-reactive ketones (excluding diaryl/α,β-unsaturated/α-hetero) is 2. The first kappa shape index (κ1) is 19.8. The largest absolute Gasteiger partial charge is 0.458 e. The quantitative estimate of drug-likeness (QED) is 0.505. The molecule has 0 radical (unpaired) electrons. The van der Waals surface area contributed by atoms with Crippen molar-refractivity contribution < 1.29 is 19.1 Å². The molecule has 0 aliphatic heterocycles. The molecular weight excluding hydrogens is 376 g/mol. The summed E-state index contributed by atoms with van der Waals surface area (Å²) in [5.41, 5.74) is 1.16. The van der Waals surface area contributed by atoms with Crippen LogP contribution in [0.2, 0.25) is 5.02 Å². The highest BCUT2D eigenvalue weighted by molar-refractivity contribution is 7.09. The molecule has 0 amide bonds. The van der Waals surface area contributed by atoms with Gasteiger partial charge in [0, 0.05) is 28.1 Å². The average Bonchev–Trinajstić information content (AvgIpc) is 3.05. The van der Waals surface area contributed by atoms with Gasteiger partial charge in [-0.1, -0.05) is 11.6 Å². The predicted octanol–water partition coefficient (Wildman–Crippen LogP) is 3.49. The van der Waals surface area contributed by atoms with Crippen molar-refractivity contribution in [3.63, 3.8) is 0 Å². The van der Waals surface area contributed by atoms with Gasteiger partial charge in [0.25, 0.3) is 0 Å². The molecule has 0 fully saturated rings. The standard InChI is InChI=1S/C18H15ClN2O4S/c1-11-10-26-18(21-11)14(8-20)16(23)9-25-17(24)7-6-15(22)12-2-4-13(19)5-3-12/h2-5,10,14H,6-7,9H2,1H3/t14-/m1/s1. The fourth-order valence-electron chi connectivity index (χ4n) is 2.07. The summed E-state index contributed by atoms with van der Waals surface area (Å²) in [5.74, 6) is -2.50. The number of nitriles is 1. The molecule has 0 N–H and O–H groups in total. The van der Waals surface area contributed by atoms with E-state index in [1.807, 2.05) is 6.07 Å². The normalized spacial score (nSPS) is 11.4. The van der Waals surface area contributed by atoms with E-state index in [0.717, 1.165) is 5.69 Å². The second-order valence-electron chi connectivity index (χ2n) is 5.45. The van der Waals surface area contributed by atoms with E-state index in [4.69, 9.17) is 21.6 Å². The lowest BCUT2D eigenvalue weighted by Crippen LogP contribution is -2.20. The van der Waals surface area contributed by atoms with Crippen LogP contribution in [0.3, 0.4) is 0 Å². The summed E-state index contributed by atoms with van der Waals surface area (Å²) in [6.45, 7) is 1.24. The molecule has 0 bridgehead atoms. The van der Waals surface area contributed by atoms with Gasteiger partial charge in [0.2, 0.25) is 0 Å². The van der Waals surface area contributed by atoms with Gasteiger partial charge < -0.3 is 4.74 Å². The molecule has 1 heterocycles. The molecule has 134 valence electrons. The Kier molecular flexibility index (Phi) is 7.01. The third-order valence-electron chi connectivity index (χ3n) is 3.43. The van der Waals surface area contributed by atoms with Crippen LogP contribution < -0.4 is 0 Å². The number of thiazole rings is 1. The Morgan fingerprint density at radius 3 is 2.54 bits per heavy atom. The Morgan fingerprint density at radius 2 is 1.96 bits per heavy atom. The highest BCUT2D eigenvalue weighted by Gasteiger charge is 2.24. The van der Waals surface area contributed by atoms with Gasteiger partial charge in [-0.05, 0) is 31.2 Å². The van der Waals surface area contributed by atoms with Crippen LogP contribution in [-0.2, 0) is 14.3 Å². The smallest absolute Gasteiger partial charge is 0.306 e. The molecule has 0 saturated carbocycles. The maximum absolute atomic E-state index is 12.1. The first-order valence-electron chi connectivity index (χ1n) is 7.69. The molecule has 2 aromatic rings. The summed E-state index contributed by atoms with van der Waals surface area (Å²) < 4.78 is 4.88. The van der Waals surface area contributed by atoms with Gasteiger partial charge in [-0.3, -0.25) is 14.4 Å². The summed E-state index contributed by atoms with van der Waals surface area (Å²) in [4.78, 5) is 39.9. The van der Waals surface area contributed by atoms with Crippen molar-refractivity contribution in [2.75, 3.05) is 6.61 Å². The first-order valence-corrected chi connectivity index (χ1v) is 8.95. The number of halogens is 1. The number of ketones is 2. The lowest BCUT2D eigenvalue weighted by molar-refractivity contribution is -0.148. The van der Waals surface area contributed by atoms with Gasteiger partial charge in [-0.15, -0.1) is 11.3 Å². The number of hydrogen-bond donors (Lipinski definition) is 0. The monoisotopic (exact) mass is 390 g/mol. The van der Waals surface area contributed by atoms with E-state index in [0.29, 0.717) is 15.6 Å². The number of rotatable bonds is 8. The Hall–Kier alpha value is -2.56. The van der Waals surface area contributed by atoms with E-state index in [2.05, 4.69) is 4.98 Å². The summed E-state index contributed by atoms with van der Waals surface area (Å²) in [7, 11) is 0. The molecule has 0 unspecified atom stereocenters. The topological polar surface area (TPSA) is 97.1 Å². The molecule has 26 heavy (non-hydrogen) atoms. The van der Waals surface area contributed by atoms with Gasteiger partial charge in [0.15, 0.2) is 24.1 Å². The van der Waals surface area contributed by atoms with E-state index >= 15 is 0 Å². The van der Waals surface area contributed by atoms with Crippen molar-refractivity contribution in [3.05, 3.63) is 50.9 Å². The van der Waals surface area contributed by atoms with E-state index in [1.54, 1.807) is 36.6 Å². The highest BCUT2D eigenvalue weighted by Crippen LogP contribution is 2.21. The maximum atomic E-state index is 12.1. The zero-order chi connectivity index (χ0) is 19.1. The number of ether oxygens (including phenoxy) is 1. The maximum Gasteiger partial charge on any atom is 0.306 e. The second-order valence-corrected chi connectivity index (χ2v) is 6.77. The number of esters is 1. The van der Waals surface area contributed by atoms with Gasteiger partial charge in [0.1, 0.15) is 5.01 Å². The van der Waals surface area contributed by atoms with Crippen LogP contribution in [0.1, 0.15) is 39.8 Å². The van der Waals surface area contributed by atoms with Crippen molar-refractivity contribution in [2.24, 2.45) is 0 Å². The van der Waals surface area contributed by atoms with Gasteiger partial charge in [0.05, 0.1) is 12.5 Å². The van der Waals surface area contributed by atoms with Gasteiger partial charge >= 0.3 is 5.97 Å². The van der Waals surface area contributed by atoms with E-state index in [-0.39, 0.29) is 18.6 Å².